The molecule has 0 radical (unpaired) electrons. The molecule has 0 spiro atoms. The summed E-state index contributed by atoms with van der Waals surface area (Å²) in [7, 11) is 0. The summed E-state index contributed by atoms with van der Waals surface area (Å²) in [5, 5.41) is 8.78. The van der Waals surface area contributed by atoms with Crippen molar-refractivity contribution in [2.75, 3.05) is 6.54 Å². The number of carboxylic acids is 1. The van der Waals surface area contributed by atoms with Gasteiger partial charge in [0.25, 0.3) is 0 Å². The first kappa shape index (κ1) is 14.9. The first-order chi connectivity index (χ1) is 7.26. The van der Waals surface area contributed by atoms with Crippen molar-refractivity contribution in [2.45, 2.75) is 52.1 Å². The second kappa shape index (κ2) is 5.84. The van der Waals surface area contributed by atoms with Crippen LogP contribution in [-0.4, -0.2) is 40.0 Å². The van der Waals surface area contributed by atoms with E-state index in [4.69, 9.17) is 10.8 Å². The van der Waals surface area contributed by atoms with E-state index in [0.717, 1.165) is 0 Å². The van der Waals surface area contributed by atoms with E-state index < -0.39 is 11.5 Å². The largest absolute Gasteiger partial charge is 0.480 e. The highest BCUT2D eigenvalue weighted by Crippen LogP contribution is 2.14. The Hall–Kier alpha value is -1.10. The zero-order chi connectivity index (χ0) is 12.9. The van der Waals surface area contributed by atoms with Crippen molar-refractivity contribution in [3.8, 4) is 0 Å². The molecule has 94 valence electrons. The minimum Gasteiger partial charge on any atom is -0.480 e. The van der Waals surface area contributed by atoms with Gasteiger partial charge in [0.2, 0.25) is 5.91 Å². The number of aliphatic carboxylic acids is 1. The standard InChI is InChI=1S/C11H22N2O3/c1-5-8(3)13(7-9(14)15)10(16)11(4,12)6-2/h8H,5-7,12H2,1-4H3,(H,14,15). The average molecular weight is 230 g/mol. The third-order valence-electron chi connectivity index (χ3n) is 2.91. The fraction of sp³-hybridized carbons (Fsp3) is 0.818. The Morgan fingerprint density at radius 1 is 1.44 bits per heavy atom. The van der Waals surface area contributed by atoms with Gasteiger partial charge in [0.1, 0.15) is 6.54 Å². The maximum absolute atomic E-state index is 12.1. The Labute approximate surface area is 96.6 Å². The second-order valence-corrected chi connectivity index (χ2v) is 4.36. The number of hydrogen-bond acceptors (Lipinski definition) is 3. The van der Waals surface area contributed by atoms with Crippen LogP contribution in [0.1, 0.15) is 40.5 Å². The molecule has 0 bridgehead atoms. The lowest BCUT2D eigenvalue weighted by atomic mass is 9.97. The molecule has 0 aliphatic carbocycles. The first-order valence-corrected chi connectivity index (χ1v) is 5.58. The molecule has 0 heterocycles. The summed E-state index contributed by atoms with van der Waals surface area (Å²) in [5.41, 5.74) is 4.86. The summed E-state index contributed by atoms with van der Waals surface area (Å²) in [6, 6.07) is -0.113. The molecule has 0 aromatic rings. The van der Waals surface area contributed by atoms with Gasteiger partial charge in [-0.05, 0) is 26.7 Å². The summed E-state index contributed by atoms with van der Waals surface area (Å²) < 4.78 is 0. The van der Waals surface area contributed by atoms with E-state index in [1.807, 2.05) is 20.8 Å². The molecule has 0 rings (SSSR count). The van der Waals surface area contributed by atoms with Crippen LogP contribution in [0.3, 0.4) is 0 Å². The highest BCUT2D eigenvalue weighted by Gasteiger charge is 2.33. The number of hydrogen-bond donors (Lipinski definition) is 2. The van der Waals surface area contributed by atoms with Crippen molar-refractivity contribution >= 4 is 11.9 Å². The van der Waals surface area contributed by atoms with Crippen molar-refractivity contribution < 1.29 is 14.7 Å². The Bertz CT molecular complexity index is 264. The van der Waals surface area contributed by atoms with Gasteiger partial charge in [-0.15, -0.1) is 0 Å². The van der Waals surface area contributed by atoms with Gasteiger partial charge in [-0.2, -0.15) is 0 Å². The molecule has 5 nitrogen and oxygen atoms in total. The van der Waals surface area contributed by atoms with Crippen molar-refractivity contribution in [3.63, 3.8) is 0 Å². The molecule has 0 aliphatic rings. The lowest BCUT2D eigenvalue weighted by molar-refractivity contribution is -0.148. The van der Waals surface area contributed by atoms with Gasteiger partial charge >= 0.3 is 5.97 Å². The Balaban J connectivity index is 4.89. The zero-order valence-corrected chi connectivity index (χ0v) is 10.5. The Kier molecular flexibility index (Phi) is 5.44. The summed E-state index contributed by atoms with van der Waals surface area (Å²) in [6.45, 7) is 6.89. The topological polar surface area (TPSA) is 83.6 Å². The predicted octanol–water partition coefficient (Wildman–Crippen LogP) is 0.825. The highest BCUT2D eigenvalue weighted by molar-refractivity contribution is 5.88. The summed E-state index contributed by atoms with van der Waals surface area (Å²) >= 11 is 0. The molecular formula is C11H22N2O3. The number of carbonyl (C=O) groups is 2. The average Bonchev–Trinajstić information content (AvgIpc) is 2.23. The third kappa shape index (κ3) is 3.81. The number of nitrogens with zero attached hydrogens (tertiary/aromatic N) is 1. The molecule has 2 unspecified atom stereocenters. The van der Waals surface area contributed by atoms with E-state index in [0.29, 0.717) is 12.8 Å². The van der Waals surface area contributed by atoms with Gasteiger partial charge in [-0.25, -0.2) is 0 Å². The number of amides is 1. The monoisotopic (exact) mass is 230 g/mol. The molecule has 5 heteroatoms. The molecule has 3 N–H and O–H groups in total. The van der Waals surface area contributed by atoms with Gasteiger partial charge in [0.05, 0.1) is 5.54 Å². The highest BCUT2D eigenvalue weighted by atomic mass is 16.4. The summed E-state index contributed by atoms with van der Waals surface area (Å²) in [6.07, 6.45) is 1.19. The second-order valence-electron chi connectivity index (χ2n) is 4.36. The van der Waals surface area contributed by atoms with Crippen LogP contribution < -0.4 is 5.73 Å². The summed E-state index contributed by atoms with van der Waals surface area (Å²) in [5.74, 6) is -1.31. The van der Waals surface area contributed by atoms with E-state index in [9.17, 15) is 9.59 Å². The number of carboxylic acid groups (broad SMARTS) is 1. The van der Waals surface area contributed by atoms with Crippen LogP contribution in [0.5, 0.6) is 0 Å². The zero-order valence-electron chi connectivity index (χ0n) is 10.5. The van der Waals surface area contributed by atoms with Gasteiger partial charge in [-0.3, -0.25) is 9.59 Å². The summed E-state index contributed by atoms with van der Waals surface area (Å²) in [4.78, 5) is 24.1. The van der Waals surface area contributed by atoms with Crippen LogP contribution in [0.2, 0.25) is 0 Å². The molecule has 1 amide bonds. The fourth-order valence-corrected chi connectivity index (χ4v) is 1.27. The van der Waals surface area contributed by atoms with Gasteiger partial charge in [-0.1, -0.05) is 13.8 Å². The molecular weight excluding hydrogens is 208 g/mol. The molecule has 0 aromatic carbocycles. The van der Waals surface area contributed by atoms with Crippen LogP contribution >= 0.6 is 0 Å². The van der Waals surface area contributed by atoms with Gasteiger partial charge in [0.15, 0.2) is 0 Å². The van der Waals surface area contributed by atoms with Crippen molar-refractivity contribution in [3.05, 3.63) is 0 Å². The van der Waals surface area contributed by atoms with E-state index in [-0.39, 0.29) is 18.5 Å². The van der Waals surface area contributed by atoms with Crippen LogP contribution in [0.15, 0.2) is 0 Å². The maximum atomic E-state index is 12.1. The SMILES string of the molecule is CCC(C)N(CC(=O)O)C(=O)C(C)(N)CC. The van der Waals surface area contributed by atoms with E-state index in [2.05, 4.69) is 0 Å². The Morgan fingerprint density at radius 2 is 1.94 bits per heavy atom. The third-order valence-corrected chi connectivity index (χ3v) is 2.91. The molecule has 0 saturated heterocycles. The maximum Gasteiger partial charge on any atom is 0.323 e. The first-order valence-electron chi connectivity index (χ1n) is 5.58. The van der Waals surface area contributed by atoms with Crippen molar-refractivity contribution in [1.82, 2.24) is 4.90 Å². The molecule has 0 aromatic heterocycles. The predicted molar refractivity (Wildman–Crippen MR) is 62.0 cm³/mol. The smallest absolute Gasteiger partial charge is 0.323 e. The lowest BCUT2D eigenvalue weighted by Gasteiger charge is -2.33. The van der Waals surface area contributed by atoms with Crippen molar-refractivity contribution in [2.24, 2.45) is 5.73 Å². The molecule has 16 heavy (non-hydrogen) atoms. The molecule has 0 saturated carbocycles. The minimum atomic E-state index is -1.01. The molecule has 0 aliphatic heterocycles. The van der Waals surface area contributed by atoms with Crippen LogP contribution in [0.4, 0.5) is 0 Å². The Morgan fingerprint density at radius 3 is 2.25 bits per heavy atom. The van der Waals surface area contributed by atoms with Crippen LogP contribution in [-0.2, 0) is 9.59 Å². The van der Waals surface area contributed by atoms with Crippen LogP contribution in [0.25, 0.3) is 0 Å². The van der Waals surface area contributed by atoms with Gasteiger partial charge in [0, 0.05) is 6.04 Å². The normalized spacial score (nSPS) is 16.3. The van der Waals surface area contributed by atoms with Crippen molar-refractivity contribution in [1.29, 1.82) is 0 Å². The van der Waals surface area contributed by atoms with Gasteiger partial charge < -0.3 is 15.7 Å². The minimum absolute atomic E-state index is 0.113. The molecule has 0 fully saturated rings. The number of carbonyl (C=O) groups excluding carboxylic acids is 1. The number of rotatable bonds is 6. The van der Waals surface area contributed by atoms with E-state index in [1.165, 1.54) is 4.90 Å². The lowest BCUT2D eigenvalue weighted by Crippen LogP contribution is -2.56. The molecule has 2 atom stereocenters. The van der Waals surface area contributed by atoms with E-state index >= 15 is 0 Å². The number of nitrogens with two attached hydrogens (primary N) is 1. The fourth-order valence-electron chi connectivity index (χ4n) is 1.27. The quantitative estimate of drug-likeness (QED) is 0.707. The van der Waals surface area contributed by atoms with Crippen LogP contribution in [0, 0.1) is 0 Å². The van der Waals surface area contributed by atoms with E-state index in [1.54, 1.807) is 6.92 Å².